The molecule has 2 N–H and O–H groups in total. The molecule has 0 saturated heterocycles. The molecule has 1 heterocycles. The van der Waals surface area contributed by atoms with Crippen molar-refractivity contribution >= 4 is 17.5 Å². The number of carbonyl (C=O) groups is 1. The smallest absolute Gasteiger partial charge is 0.273 e. The van der Waals surface area contributed by atoms with E-state index in [4.69, 9.17) is 16.7 Å². The van der Waals surface area contributed by atoms with Gasteiger partial charge in [0.15, 0.2) is 5.69 Å². The van der Waals surface area contributed by atoms with Crippen LogP contribution >= 0.6 is 11.6 Å². The Hall–Kier alpha value is -1.92. The zero-order valence-electron chi connectivity index (χ0n) is 12.6. The van der Waals surface area contributed by atoms with Crippen molar-refractivity contribution < 1.29 is 9.90 Å². The minimum Gasteiger partial charge on any atom is -0.396 e. The van der Waals surface area contributed by atoms with Gasteiger partial charge in [0, 0.05) is 18.2 Å². The molecule has 0 spiro atoms. The quantitative estimate of drug-likeness (QED) is 0.853. The summed E-state index contributed by atoms with van der Waals surface area (Å²) in [6, 6.07) is 7.06. The summed E-state index contributed by atoms with van der Waals surface area (Å²) in [7, 11) is 0. The second-order valence-corrected chi connectivity index (χ2v) is 6.26. The fraction of sp³-hybridized carbons (Fsp3) is 0.400. The predicted molar refractivity (Wildman–Crippen MR) is 84.2 cm³/mol. The number of nitrogens with zero attached hydrogens (tertiary/aromatic N) is 3. The first kappa shape index (κ1) is 16.5. The summed E-state index contributed by atoms with van der Waals surface area (Å²) in [6.07, 6.45) is 2.03. The molecule has 2 aromatic rings. The molecule has 0 atom stereocenters. The lowest BCUT2D eigenvalue weighted by atomic mass is 9.90. The van der Waals surface area contributed by atoms with Gasteiger partial charge in [-0.25, -0.2) is 0 Å². The van der Waals surface area contributed by atoms with Gasteiger partial charge >= 0.3 is 0 Å². The predicted octanol–water partition coefficient (Wildman–Crippen LogP) is 2.06. The maximum atomic E-state index is 12.1. The average molecular weight is 323 g/mol. The minimum atomic E-state index is -0.292. The number of aromatic nitrogens is 3. The normalized spacial score (nSPS) is 11.5. The number of rotatable bonds is 6. The lowest BCUT2D eigenvalue weighted by molar-refractivity contribution is 0.0923. The number of amides is 1. The Morgan fingerprint density at radius 2 is 2.23 bits per heavy atom. The van der Waals surface area contributed by atoms with E-state index in [0.29, 0.717) is 23.7 Å². The van der Waals surface area contributed by atoms with E-state index in [0.717, 1.165) is 0 Å². The van der Waals surface area contributed by atoms with E-state index in [2.05, 4.69) is 15.5 Å². The van der Waals surface area contributed by atoms with Crippen LogP contribution in [-0.2, 0) is 0 Å². The van der Waals surface area contributed by atoms with E-state index in [1.807, 2.05) is 13.8 Å². The van der Waals surface area contributed by atoms with Crippen LogP contribution in [0.2, 0.25) is 5.02 Å². The zero-order valence-corrected chi connectivity index (χ0v) is 13.3. The summed E-state index contributed by atoms with van der Waals surface area (Å²) in [6.45, 7) is 4.50. The third-order valence-corrected chi connectivity index (χ3v) is 3.51. The Kier molecular flexibility index (Phi) is 5.15. The summed E-state index contributed by atoms with van der Waals surface area (Å²) in [5.74, 6) is -0.292. The minimum absolute atomic E-state index is 0.0911. The van der Waals surface area contributed by atoms with E-state index < -0.39 is 0 Å². The number of hydrogen-bond donors (Lipinski definition) is 2. The van der Waals surface area contributed by atoms with Crippen molar-refractivity contribution in [2.45, 2.75) is 20.3 Å². The summed E-state index contributed by atoms with van der Waals surface area (Å²) < 4.78 is 0. The number of carbonyl (C=O) groups excluding carboxylic acids is 1. The van der Waals surface area contributed by atoms with E-state index in [1.54, 1.807) is 24.3 Å². The molecule has 0 aliphatic carbocycles. The van der Waals surface area contributed by atoms with Crippen molar-refractivity contribution in [1.82, 2.24) is 20.3 Å². The SMILES string of the molecule is CC(C)(CCO)CNC(=O)c1cnn(-c2cccc(Cl)c2)n1. The highest BCUT2D eigenvalue weighted by Gasteiger charge is 2.19. The van der Waals surface area contributed by atoms with Crippen LogP contribution < -0.4 is 5.32 Å². The zero-order chi connectivity index (χ0) is 16.2. The van der Waals surface area contributed by atoms with Crippen LogP contribution in [0.3, 0.4) is 0 Å². The van der Waals surface area contributed by atoms with Crippen molar-refractivity contribution in [3.05, 3.63) is 41.2 Å². The van der Waals surface area contributed by atoms with Gasteiger partial charge in [-0.1, -0.05) is 31.5 Å². The second kappa shape index (κ2) is 6.89. The molecule has 2 rings (SSSR count). The Labute approximate surface area is 134 Å². The van der Waals surface area contributed by atoms with E-state index in [1.165, 1.54) is 11.0 Å². The molecule has 6 nitrogen and oxygen atoms in total. The van der Waals surface area contributed by atoms with Crippen LogP contribution in [0.1, 0.15) is 30.8 Å². The van der Waals surface area contributed by atoms with Gasteiger partial charge in [-0.3, -0.25) is 4.79 Å². The molecule has 0 radical (unpaired) electrons. The van der Waals surface area contributed by atoms with Gasteiger partial charge in [-0.15, -0.1) is 5.10 Å². The molecule has 0 aliphatic rings. The maximum absolute atomic E-state index is 12.1. The summed E-state index contributed by atoms with van der Waals surface area (Å²) >= 11 is 5.93. The van der Waals surface area contributed by atoms with Gasteiger partial charge in [0.05, 0.1) is 11.9 Å². The Morgan fingerprint density at radius 3 is 2.91 bits per heavy atom. The van der Waals surface area contributed by atoms with Gasteiger partial charge < -0.3 is 10.4 Å². The first-order valence-corrected chi connectivity index (χ1v) is 7.36. The largest absolute Gasteiger partial charge is 0.396 e. The van der Waals surface area contributed by atoms with Gasteiger partial charge in [0.1, 0.15) is 0 Å². The molecule has 1 amide bonds. The molecule has 22 heavy (non-hydrogen) atoms. The van der Waals surface area contributed by atoms with Crippen LogP contribution in [0.4, 0.5) is 0 Å². The number of halogens is 1. The Morgan fingerprint density at radius 1 is 1.45 bits per heavy atom. The molecular weight excluding hydrogens is 304 g/mol. The number of aliphatic hydroxyl groups is 1. The van der Waals surface area contributed by atoms with Crippen LogP contribution in [0, 0.1) is 5.41 Å². The van der Waals surface area contributed by atoms with Crippen molar-refractivity contribution in [1.29, 1.82) is 0 Å². The molecule has 0 saturated carbocycles. The fourth-order valence-electron chi connectivity index (χ4n) is 1.89. The molecule has 0 aliphatic heterocycles. The topological polar surface area (TPSA) is 80.0 Å². The second-order valence-electron chi connectivity index (χ2n) is 5.82. The highest BCUT2D eigenvalue weighted by atomic mass is 35.5. The van der Waals surface area contributed by atoms with E-state index in [9.17, 15) is 4.79 Å². The lowest BCUT2D eigenvalue weighted by Gasteiger charge is -2.23. The number of hydrogen-bond acceptors (Lipinski definition) is 4. The van der Waals surface area contributed by atoms with Crippen LogP contribution in [0.15, 0.2) is 30.5 Å². The van der Waals surface area contributed by atoms with Crippen molar-refractivity contribution in [3.8, 4) is 5.69 Å². The molecule has 118 valence electrons. The van der Waals surface area contributed by atoms with Crippen molar-refractivity contribution in [3.63, 3.8) is 0 Å². The molecular formula is C15H19ClN4O2. The summed E-state index contributed by atoms with van der Waals surface area (Å²) in [4.78, 5) is 13.5. The summed E-state index contributed by atoms with van der Waals surface area (Å²) in [5, 5.41) is 20.6. The maximum Gasteiger partial charge on any atom is 0.273 e. The van der Waals surface area contributed by atoms with Crippen LogP contribution in [0.25, 0.3) is 5.69 Å². The number of benzene rings is 1. The first-order chi connectivity index (χ1) is 10.4. The highest BCUT2D eigenvalue weighted by Crippen LogP contribution is 2.18. The number of nitrogens with one attached hydrogen (secondary N) is 1. The van der Waals surface area contributed by atoms with Gasteiger partial charge in [-0.2, -0.15) is 9.90 Å². The van der Waals surface area contributed by atoms with Crippen LogP contribution in [-0.4, -0.2) is 39.2 Å². The number of aliphatic hydroxyl groups excluding tert-OH is 1. The van der Waals surface area contributed by atoms with E-state index >= 15 is 0 Å². The molecule has 1 aromatic carbocycles. The molecule has 7 heteroatoms. The molecule has 0 fully saturated rings. The van der Waals surface area contributed by atoms with E-state index in [-0.39, 0.29) is 23.6 Å². The Bertz CT molecular complexity index is 654. The molecule has 0 unspecified atom stereocenters. The fourth-order valence-corrected chi connectivity index (χ4v) is 2.08. The third kappa shape index (κ3) is 4.29. The monoisotopic (exact) mass is 322 g/mol. The van der Waals surface area contributed by atoms with Crippen molar-refractivity contribution in [2.75, 3.05) is 13.2 Å². The van der Waals surface area contributed by atoms with Gasteiger partial charge in [0.25, 0.3) is 5.91 Å². The lowest BCUT2D eigenvalue weighted by Crippen LogP contribution is -2.34. The van der Waals surface area contributed by atoms with Gasteiger partial charge in [0.2, 0.25) is 0 Å². The standard InChI is InChI=1S/C15H19ClN4O2/c1-15(2,6-7-21)10-17-14(22)13-9-18-20(19-13)12-5-3-4-11(16)8-12/h3-5,8-9,21H,6-7,10H2,1-2H3,(H,17,22). The average Bonchev–Trinajstić information content (AvgIpc) is 2.95. The highest BCUT2D eigenvalue weighted by molar-refractivity contribution is 6.30. The van der Waals surface area contributed by atoms with Crippen molar-refractivity contribution in [2.24, 2.45) is 5.41 Å². The third-order valence-electron chi connectivity index (χ3n) is 3.28. The summed E-state index contributed by atoms with van der Waals surface area (Å²) in [5.41, 5.74) is 0.750. The Balaban J connectivity index is 2.03. The first-order valence-electron chi connectivity index (χ1n) is 6.99. The van der Waals surface area contributed by atoms with Gasteiger partial charge in [-0.05, 0) is 30.0 Å². The molecule has 1 aromatic heterocycles. The molecule has 0 bridgehead atoms. The van der Waals surface area contributed by atoms with Crippen LogP contribution in [0.5, 0.6) is 0 Å².